The van der Waals surface area contributed by atoms with Gasteiger partial charge < -0.3 is 5.32 Å². The fourth-order valence-corrected chi connectivity index (χ4v) is 3.13. The summed E-state index contributed by atoms with van der Waals surface area (Å²) in [5.41, 5.74) is 2.19. The normalized spacial score (nSPS) is 10.5. The van der Waals surface area contributed by atoms with Crippen LogP contribution in [-0.2, 0) is 11.2 Å². The molecule has 23 heavy (non-hydrogen) atoms. The highest BCUT2D eigenvalue weighted by atomic mass is 35.5. The lowest BCUT2D eigenvalue weighted by atomic mass is 10.1. The first kappa shape index (κ1) is 17.9. The van der Waals surface area contributed by atoms with E-state index in [1.54, 1.807) is 11.8 Å². The van der Waals surface area contributed by atoms with Gasteiger partial charge in [-0.25, -0.2) is 0 Å². The van der Waals surface area contributed by atoms with Gasteiger partial charge in [0.15, 0.2) is 0 Å². The molecule has 2 rings (SSSR count). The fraction of sp³-hybridized carbons (Fsp3) is 0.316. The van der Waals surface area contributed by atoms with Crippen molar-refractivity contribution in [3.05, 3.63) is 59.1 Å². The van der Waals surface area contributed by atoms with Gasteiger partial charge in [0.25, 0.3) is 0 Å². The second kappa shape index (κ2) is 9.64. The van der Waals surface area contributed by atoms with Crippen LogP contribution in [0.2, 0.25) is 5.02 Å². The molecule has 0 saturated heterocycles. The van der Waals surface area contributed by atoms with Crippen molar-refractivity contribution in [1.82, 2.24) is 0 Å². The van der Waals surface area contributed by atoms with Crippen LogP contribution >= 0.6 is 23.4 Å². The average Bonchev–Trinajstić information content (AvgIpc) is 2.56. The van der Waals surface area contributed by atoms with Crippen molar-refractivity contribution in [1.29, 1.82) is 0 Å². The Labute approximate surface area is 147 Å². The molecule has 1 amide bonds. The lowest BCUT2D eigenvalue weighted by Crippen LogP contribution is -2.12. The summed E-state index contributed by atoms with van der Waals surface area (Å²) < 4.78 is 0. The number of carbonyl (C=O) groups excluding carboxylic acids is 1. The van der Waals surface area contributed by atoms with Gasteiger partial charge in [-0.15, -0.1) is 11.8 Å². The van der Waals surface area contributed by atoms with Crippen molar-refractivity contribution in [2.45, 2.75) is 37.5 Å². The predicted octanol–water partition coefficient (Wildman–Crippen LogP) is 5.80. The summed E-state index contributed by atoms with van der Waals surface area (Å²) in [6.07, 6.45) is 3.99. The molecule has 0 aromatic heterocycles. The van der Waals surface area contributed by atoms with Gasteiger partial charge >= 0.3 is 0 Å². The Balaban J connectivity index is 1.72. The second-order valence-electron chi connectivity index (χ2n) is 5.40. The van der Waals surface area contributed by atoms with Crippen molar-refractivity contribution in [2.75, 3.05) is 11.1 Å². The van der Waals surface area contributed by atoms with Crippen molar-refractivity contribution in [3.8, 4) is 0 Å². The van der Waals surface area contributed by atoms with Gasteiger partial charge in [0.1, 0.15) is 0 Å². The SMILES string of the molecule is CCCCc1ccc(NC(=O)CCSc2ccc(Cl)cc2)cc1. The molecule has 0 spiro atoms. The second-order valence-corrected chi connectivity index (χ2v) is 7.01. The summed E-state index contributed by atoms with van der Waals surface area (Å²) in [5.74, 6) is 0.801. The highest BCUT2D eigenvalue weighted by Gasteiger charge is 2.03. The summed E-state index contributed by atoms with van der Waals surface area (Å²) in [7, 11) is 0. The molecule has 0 aliphatic rings. The number of amides is 1. The zero-order valence-electron chi connectivity index (χ0n) is 13.3. The van der Waals surface area contributed by atoms with Crippen LogP contribution in [0.4, 0.5) is 5.69 Å². The molecule has 2 nitrogen and oxygen atoms in total. The Kier molecular flexibility index (Phi) is 7.50. The topological polar surface area (TPSA) is 29.1 Å². The van der Waals surface area contributed by atoms with Crippen molar-refractivity contribution in [2.24, 2.45) is 0 Å². The molecule has 122 valence electrons. The van der Waals surface area contributed by atoms with Crippen molar-refractivity contribution < 1.29 is 4.79 Å². The van der Waals surface area contributed by atoms with Crippen molar-refractivity contribution in [3.63, 3.8) is 0 Å². The summed E-state index contributed by atoms with van der Waals surface area (Å²) >= 11 is 7.51. The number of unbranched alkanes of at least 4 members (excludes halogenated alkanes) is 1. The maximum absolute atomic E-state index is 12.0. The highest BCUT2D eigenvalue weighted by Crippen LogP contribution is 2.21. The molecule has 0 saturated carbocycles. The molecule has 0 fully saturated rings. The monoisotopic (exact) mass is 347 g/mol. The largest absolute Gasteiger partial charge is 0.326 e. The summed E-state index contributed by atoms with van der Waals surface area (Å²) in [6.45, 7) is 2.19. The first-order valence-electron chi connectivity index (χ1n) is 7.94. The van der Waals surface area contributed by atoms with Crippen LogP contribution in [0.1, 0.15) is 31.7 Å². The molecular weight excluding hydrogens is 326 g/mol. The first-order chi connectivity index (χ1) is 11.2. The van der Waals surface area contributed by atoms with Gasteiger partial charge in [-0.05, 0) is 54.8 Å². The molecule has 2 aromatic rings. The van der Waals surface area contributed by atoms with Crippen LogP contribution in [0.5, 0.6) is 0 Å². The Hall–Kier alpha value is -1.45. The van der Waals surface area contributed by atoms with E-state index in [1.165, 1.54) is 18.4 Å². The number of thioether (sulfide) groups is 1. The van der Waals surface area contributed by atoms with E-state index in [0.717, 1.165) is 27.8 Å². The highest BCUT2D eigenvalue weighted by molar-refractivity contribution is 7.99. The molecule has 0 aliphatic carbocycles. The third-order valence-electron chi connectivity index (χ3n) is 3.47. The van der Waals surface area contributed by atoms with Gasteiger partial charge in [0.05, 0.1) is 0 Å². The standard InChI is InChI=1S/C19H22ClNOS/c1-2-3-4-15-5-9-17(10-6-15)21-19(22)13-14-23-18-11-7-16(20)8-12-18/h5-12H,2-4,13-14H2,1H3,(H,21,22). The van der Waals surface area contributed by atoms with E-state index >= 15 is 0 Å². The van der Waals surface area contributed by atoms with Crippen LogP contribution in [0, 0.1) is 0 Å². The zero-order chi connectivity index (χ0) is 16.5. The van der Waals surface area contributed by atoms with Crippen LogP contribution in [0.3, 0.4) is 0 Å². The third-order valence-corrected chi connectivity index (χ3v) is 4.73. The Morgan fingerprint density at radius 1 is 1.09 bits per heavy atom. The number of carbonyl (C=O) groups is 1. The average molecular weight is 348 g/mol. The Morgan fingerprint density at radius 2 is 1.78 bits per heavy atom. The fourth-order valence-electron chi connectivity index (χ4n) is 2.15. The summed E-state index contributed by atoms with van der Waals surface area (Å²) in [4.78, 5) is 13.1. The van der Waals surface area contributed by atoms with Crippen molar-refractivity contribution >= 4 is 35.0 Å². The quantitative estimate of drug-likeness (QED) is 0.611. The molecule has 0 bridgehead atoms. The molecule has 1 N–H and O–H groups in total. The lowest BCUT2D eigenvalue weighted by Gasteiger charge is -2.07. The van der Waals surface area contributed by atoms with E-state index in [0.29, 0.717) is 6.42 Å². The molecule has 0 aliphatic heterocycles. The number of hydrogen-bond donors (Lipinski definition) is 1. The van der Waals surface area contributed by atoms with Crippen LogP contribution < -0.4 is 5.32 Å². The van der Waals surface area contributed by atoms with Crippen LogP contribution in [0.15, 0.2) is 53.4 Å². The Morgan fingerprint density at radius 3 is 2.43 bits per heavy atom. The first-order valence-corrected chi connectivity index (χ1v) is 9.31. The van der Waals surface area contributed by atoms with E-state index in [2.05, 4.69) is 24.4 Å². The van der Waals surface area contributed by atoms with Gasteiger partial charge in [0, 0.05) is 27.8 Å². The van der Waals surface area contributed by atoms with Gasteiger partial charge in [-0.2, -0.15) is 0 Å². The van der Waals surface area contributed by atoms with E-state index in [9.17, 15) is 4.79 Å². The van der Waals surface area contributed by atoms with E-state index in [-0.39, 0.29) is 5.91 Å². The minimum atomic E-state index is 0.0489. The maximum Gasteiger partial charge on any atom is 0.225 e. The van der Waals surface area contributed by atoms with Gasteiger partial charge in [-0.1, -0.05) is 37.1 Å². The number of aryl methyl sites for hydroxylation is 1. The van der Waals surface area contributed by atoms with E-state index < -0.39 is 0 Å². The predicted molar refractivity (Wildman–Crippen MR) is 100 cm³/mol. The molecule has 0 unspecified atom stereocenters. The zero-order valence-corrected chi connectivity index (χ0v) is 14.9. The number of benzene rings is 2. The van der Waals surface area contributed by atoms with Gasteiger partial charge in [-0.3, -0.25) is 4.79 Å². The smallest absolute Gasteiger partial charge is 0.225 e. The molecular formula is C19H22ClNOS. The van der Waals surface area contributed by atoms with E-state index in [1.807, 2.05) is 36.4 Å². The molecule has 2 aromatic carbocycles. The number of hydrogen-bond acceptors (Lipinski definition) is 2. The molecule has 0 radical (unpaired) electrons. The van der Waals surface area contributed by atoms with E-state index in [4.69, 9.17) is 11.6 Å². The lowest BCUT2D eigenvalue weighted by molar-refractivity contribution is -0.115. The van der Waals surface area contributed by atoms with Gasteiger partial charge in [0.2, 0.25) is 5.91 Å². The van der Waals surface area contributed by atoms with Crippen LogP contribution in [0.25, 0.3) is 0 Å². The minimum Gasteiger partial charge on any atom is -0.326 e. The minimum absolute atomic E-state index is 0.0489. The number of rotatable bonds is 8. The molecule has 0 heterocycles. The molecule has 4 heteroatoms. The number of halogens is 1. The van der Waals surface area contributed by atoms with Crippen LogP contribution in [-0.4, -0.2) is 11.7 Å². The summed E-state index contributed by atoms with van der Waals surface area (Å²) in [5, 5.41) is 3.68. The molecule has 0 atom stereocenters. The number of nitrogens with one attached hydrogen (secondary N) is 1. The maximum atomic E-state index is 12.0. The Bertz CT molecular complexity index is 610. The third kappa shape index (κ3) is 6.67. The number of anilines is 1. The summed E-state index contributed by atoms with van der Waals surface area (Å²) in [6, 6.07) is 15.8.